The van der Waals surface area contributed by atoms with E-state index in [4.69, 9.17) is 5.11 Å². The van der Waals surface area contributed by atoms with Crippen molar-refractivity contribution in [1.29, 1.82) is 0 Å². The monoisotopic (exact) mass is 361 g/mol. The maximum Gasteiger partial charge on any atom is 0.244 e. The molecule has 1 aliphatic rings. The normalized spacial score (nSPS) is 14.5. The number of aliphatic hydroxyl groups excluding tert-OH is 1. The number of anilines is 1. The van der Waals surface area contributed by atoms with E-state index in [0.29, 0.717) is 5.69 Å². The molecule has 0 spiro atoms. The molecule has 1 saturated heterocycles. The van der Waals surface area contributed by atoms with Crippen molar-refractivity contribution in [2.75, 3.05) is 18.5 Å². The summed E-state index contributed by atoms with van der Waals surface area (Å²) in [7, 11) is 0. The molecule has 140 valence electrons. The molecular weight excluding hydrogens is 338 g/mol. The largest absolute Gasteiger partial charge is 0.394 e. The van der Waals surface area contributed by atoms with Crippen molar-refractivity contribution >= 4 is 29.3 Å². The van der Waals surface area contributed by atoms with Crippen LogP contribution in [0.15, 0.2) is 24.3 Å². The number of nitrogens with one attached hydrogen (secondary N) is 2. The summed E-state index contributed by atoms with van der Waals surface area (Å²) in [5.41, 5.74) is 0.572. The number of rotatable bonds is 7. The third-order valence-corrected chi connectivity index (χ3v) is 3.93. The first kappa shape index (κ1) is 19.6. The highest BCUT2D eigenvalue weighted by molar-refractivity contribution is 6.06. The van der Waals surface area contributed by atoms with Crippen molar-refractivity contribution in [2.45, 2.75) is 38.6 Å². The summed E-state index contributed by atoms with van der Waals surface area (Å²) in [6.45, 7) is 2.99. The Labute approximate surface area is 151 Å². The molecule has 0 saturated carbocycles. The molecule has 0 aromatic heterocycles. The second-order valence-corrected chi connectivity index (χ2v) is 6.89. The van der Waals surface area contributed by atoms with E-state index in [-0.39, 0.29) is 50.1 Å². The quantitative estimate of drug-likeness (QED) is 0.600. The van der Waals surface area contributed by atoms with Crippen LogP contribution in [-0.2, 0) is 25.6 Å². The molecule has 1 fully saturated rings. The number of amides is 4. The number of carbonyl (C=O) groups is 4. The summed E-state index contributed by atoms with van der Waals surface area (Å²) in [5.74, 6) is -1.34. The van der Waals surface area contributed by atoms with Gasteiger partial charge in [0.05, 0.1) is 18.6 Å². The Balaban J connectivity index is 1.87. The molecule has 1 heterocycles. The van der Waals surface area contributed by atoms with Gasteiger partial charge in [0.25, 0.3) is 0 Å². The maximum atomic E-state index is 12.0. The van der Waals surface area contributed by atoms with Gasteiger partial charge in [-0.25, -0.2) is 0 Å². The number of aliphatic hydroxyl groups is 1. The number of nitrogens with zero attached hydrogens (tertiary/aromatic N) is 1. The molecule has 4 amide bonds. The van der Waals surface area contributed by atoms with E-state index in [2.05, 4.69) is 10.6 Å². The fourth-order valence-electron chi connectivity index (χ4n) is 2.50. The zero-order valence-electron chi connectivity index (χ0n) is 14.9. The van der Waals surface area contributed by atoms with E-state index in [1.807, 2.05) is 0 Å². The zero-order chi connectivity index (χ0) is 19.3. The lowest BCUT2D eigenvalue weighted by molar-refractivity contribution is -0.141. The minimum Gasteiger partial charge on any atom is -0.394 e. The van der Waals surface area contributed by atoms with E-state index in [9.17, 15) is 19.2 Å². The summed E-state index contributed by atoms with van der Waals surface area (Å²) >= 11 is 0. The van der Waals surface area contributed by atoms with Crippen LogP contribution in [0, 0.1) is 0 Å². The Morgan fingerprint density at radius 3 is 2.19 bits per heavy atom. The summed E-state index contributed by atoms with van der Waals surface area (Å²) in [4.78, 5) is 47.9. The third kappa shape index (κ3) is 5.38. The summed E-state index contributed by atoms with van der Waals surface area (Å²) < 4.78 is 0. The molecule has 0 radical (unpaired) electrons. The van der Waals surface area contributed by atoms with Crippen molar-refractivity contribution in [3.8, 4) is 0 Å². The van der Waals surface area contributed by atoms with Gasteiger partial charge in [0.2, 0.25) is 23.6 Å². The predicted octanol–water partition coefficient (Wildman–Crippen LogP) is 0.204. The molecule has 26 heavy (non-hydrogen) atoms. The number of benzene rings is 1. The van der Waals surface area contributed by atoms with Gasteiger partial charge in [-0.1, -0.05) is 12.1 Å². The Hall–Kier alpha value is -2.74. The van der Waals surface area contributed by atoms with Gasteiger partial charge >= 0.3 is 0 Å². The highest BCUT2D eigenvalue weighted by atomic mass is 16.3. The minimum absolute atomic E-state index is 0.147. The molecule has 0 aliphatic carbocycles. The smallest absolute Gasteiger partial charge is 0.244 e. The van der Waals surface area contributed by atoms with Gasteiger partial charge in [0, 0.05) is 18.5 Å². The maximum absolute atomic E-state index is 12.0. The lowest BCUT2D eigenvalue weighted by Gasteiger charge is -2.23. The average Bonchev–Trinajstić information content (AvgIpc) is 2.88. The van der Waals surface area contributed by atoms with Gasteiger partial charge in [-0.15, -0.1) is 0 Å². The number of hydrogen-bond donors (Lipinski definition) is 3. The van der Waals surface area contributed by atoms with Crippen LogP contribution in [0.3, 0.4) is 0 Å². The lowest BCUT2D eigenvalue weighted by Crippen LogP contribution is -2.46. The molecule has 1 aliphatic heterocycles. The molecule has 2 rings (SSSR count). The van der Waals surface area contributed by atoms with E-state index < -0.39 is 11.4 Å². The Morgan fingerprint density at radius 1 is 1.08 bits per heavy atom. The van der Waals surface area contributed by atoms with Crippen LogP contribution in [0.4, 0.5) is 5.69 Å². The Morgan fingerprint density at radius 2 is 1.65 bits per heavy atom. The number of imide groups is 1. The molecule has 1 aromatic rings. The molecule has 8 nitrogen and oxygen atoms in total. The van der Waals surface area contributed by atoms with E-state index in [0.717, 1.165) is 10.5 Å². The fourth-order valence-corrected chi connectivity index (χ4v) is 2.50. The summed E-state index contributed by atoms with van der Waals surface area (Å²) in [6, 6.07) is 6.69. The molecule has 3 N–H and O–H groups in total. The fraction of sp³-hybridized carbons (Fsp3) is 0.444. The van der Waals surface area contributed by atoms with Crippen LogP contribution >= 0.6 is 0 Å². The highest BCUT2D eigenvalue weighted by Crippen LogP contribution is 2.13. The summed E-state index contributed by atoms with van der Waals surface area (Å²) in [6.07, 6.45) is 0.445. The van der Waals surface area contributed by atoms with Crippen molar-refractivity contribution in [3.05, 3.63) is 29.8 Å². The van der Waals surface area contributed by atoms with Gasteiger partial charge in [0.15, 0.2) is 0 Å². The third-order valence-electron chi connectivity index (χ3n) is 3.93. The van der Waals surface area contributed by atoms with Gasteiger partial charge in [-0.2, -0.15) is 0 Å². The van der Waals surface area contributed by atoms with E-state index in [1.54, 1.807) is 38.1 Å². The van der Waals surface area contributed by atoms with Crippen molar-refractivity contribution in [1.82, 2.24) is 10.2 Å². The topological polar surface area (TPSA) is 116 Å². The number of likely N-dealkylation sites (tertiary alicyclic amines) is 1. The molecule has 0 unspecified atom stereocenters. The second-order valence-electron chi connectivity index (χ2n) is 6.89. The molecule has 1 aromatic carbocycles. The molecular formula is C18H23N3O5. The standard InChI is InChI=1S/C18H23N3O5/c1-18(2,11-22)20-14(23)9-12-3-5-13(6-4-12)19-15(24)10-21-16(25)7-8-17(21)26/h3-6,22H,7-11H2,1-2H3,(H,19,24)(H,20,23). The Kier molecular flexibility index (Phi) is 6.10. The van der Waals surface area contributed by atoms with Crippen LogP contribution in [-0.4, -0.2) is 52.3 Å². The predicted molar refractivity (Wildman–Crippen MR) is 94.0 cm³/mol. The van der Waals surface area contributed by atoms with Gasteiger partial charge < -0.3 is 15.7 Å². The van der Waals surface area contributed by atoms with Gasteiger partial charge in [0.1, 0.15) is 6.54 Å². The van der Waals surface area contributed by atoms with Crippen LogP contribution in [0.25, 0.3) is 0 Å². The Bertz CT molecular complexity index is 696. The average molecular weight is 361 g/mol. The van der Waals surface area contributed by atoms with Crippen LogP contribution < -0.4 is 10.6 Å². The summed E-state index contributed by atoms with van der Waals surface area (Å²) in [5, 5.41) is 14.5. The molecule has 0 atom stereocenters. The van der Waals surface area contributed by atoms with Crippen LogP contribution in [0.1, 0.15) is 32.3 Å². The number of carbonyl (C=O) groups excluding carboxylic acids is 4. The van der Waals surface area contributed by atoms with E-state index >= 15 is 0 Å². The second kappa shape index (κ2) is 8.09. The van der Waals surface area contributed by atoms with Gasteiger partial charge in [-0.3, -0.25) is 24.1 Å². The first-order valence-electron chi connectivity index (χ1n) is 8.34. The number of hydrogen-bond acceptors (Lipinski definition) is 5. The molecule has 8 heteroatoms. The zero-order valence-corrected chi connectivity index (χ0v) is 14.9. The van der Waals surface area contributed by atoms with Gasteiger partial charge in [-0.05, 0) is 31.5 Å². The van der Waals surface area contributed by atoms with Crippen molar-refractivity contribution in [2.24, 2.45) is 0 Å². The van der Waals surface area contributed by atoms with Crippen molar-refractivity contribution < 1.29 is 24.3 Å². The first-order valence-corrected chi connectivity index (χ1v) is 8.34. The lowest BCUT2D eigenvalue weighted by atomic mass is 10.1. The highest BCUT2D eigenvalue weighted by Gasteiger charge is 2.30. The van der Waals surface area contributed by atoms with Crippen molar-refractivity contribution in [3.63, 3.8) is 0 Å². The first-order chi connectivity index (χ1) is 12.2. The minimum atomic E-state index is -0.685. The van der Waals surface area contributed by atoms with E-state index in [1.165, 1.54) is 0 Å². The van der Waals surface area contributed by atoms with Crippen LogP contribution in [0.5, 0.6) is 0 Å². The molecule has 0 bridgehead atoms. The van der Waals surface area contributed by atoms with Crippen LogP contribution in [0.2, 0.25) is 0 Å². The SMILES string of the molecule is CC(C)(CO)NC(=O)Cc1ccc(NC(=O)CN2C(=O)CCC2=O)cc1.